The van der Waals surface area contributed by atoms with Gasteiger partial charge in [-0.15, -0.1) is 0 Å². The molecule has 3 atom stereocenters. The van der Waals surface area contributed by atoms with Crippen LogP contribution in [0.3, 0.4) is 0 Å². The minimum absolute atomic E-state index is 0.0429. The first-order valence-corrected chi connectivity index (χ1v) is 7.91. The van der Waals surface area contributed by atoms with Gasteiger partial charge in [0.1, 0.15) is 0 Å². The summed E-state index contributed by atoms with van der Waals surface area (Å²) in [6.07, 6.45) is 2.65. The zero-order valence-corrected chi connectivity index (χ0v) is 13.4. The number of carbonyl (C=O) groups is 1. The van der Waals surface area contributed by atoms with Crippen LogP contribution in [0, 0.1) is 5.92 Å². The van der Waals surface area contributed by atoms with Crippen molar-refractivity contribution < 1.29 is 19.7 Å². The summed E-state index contributed by atoms with van der Waals surface area (Å²) in [6.45, 7) is 6.74. The van der Waals surface area contributed by atoms with Crippen molar-refractivity contribution in [3.05, 3.63) is 0 Å². The highest BCUT2D eigenvalue weighted by molar-refractivity contribution is 5.75. The van der Waals surface area contributed by atoms with Gasteiger partial charge in [-0.2, -0.15) is 0 Å². The fourth-order valence-electron chi connectivity index (χ4n) is 2.03. The third kappa shape index (κ3) is 7.11. The molecule has 1 rings (SSSR count). The first-order valence-electron chi connectivity index (χ1n) is 7.91. The average molecular weight is 302 g/mol. The normalized spacial score (nSPS) is 18.9. The van der Waals surface area contributed by atoms with Gasteiger partial charge in [0.15, 0.2) is 0 Å². The second kappa shape index (κ2) is 9.23. The summed E-state index contributed by atoms with van der Waals surface area (Å²) in [5, 5.41) is 21.6. The molecule has 0 aliphatic heterocycles. The molecule has 0 spiro atoms. The molecular formula is C15H30N2O4. The topological polar surface area (TPSA) is 82.0 Å². The summed E-state index contributed by atoms with van der Waals surface area (Å²) in [5.41, 5.74) is 0. The predicted molar refractivity (Wildman–Crippen MR) is 81.1 cm³/mol. The summed E-state index contributed by atoms with van der Waals surface area (Å²) >= 11 is 0. The summed E-state index contributed by atoms with van der Waals surface area (Å²) in [4.78, 5) is 13.8. The standard InChI is InChI=1S/C15H30N2O4/c1-4-14(10-21-9-13-5-6-13)16-15(20)17(7-12(3)19)11(2)8-18/h11-14,18-19H,4-10H2,1-3H3,(H,16,20). The van der Waals surface area contributed by atoms with Crippen molar-refractivity contribution in [2.45, 2.75) is 58.2 Å². The van der Waals surface area contributed by atoms with E-state index in [0.717, 1.165) is 13.0 Å². The van der Waals surface area contributed by atoms with E-state index in [2.05, 4.69) is 5.32 Å². The monoisotopic (exact) mass is 302 g/mol. The van der Waals surface area contributed by atoms with E-state index in [1.165, 1.54) is 17.7 Å². The van der Waals surface area contributed by atoms with E-state index in [-0.39, 0.29) is 31.3 Å². The Bertz CT molecular complexity index is 308. The average Bonchev–Trinajstić information content (AvgIpc) is 3.26. The van der Waals surface area contributed by atoms with Crippen molar-refractivity contribution in [3.63, 3.8) is 0 Å². The molecule has 3 unspecified atom stereocenters. The van der Waals surface area contributed by atoms with Crippen LogP contribution in [0.2, 0.25) is 0 Å². The summed E-state index contributed by atoms with van der Waals surface area (Å²) in [6, 6.07) is -0.637. The van der Waals surface area contributed by atoms with Crippen molar-refractivity contribution >= 4 is 6.03 Å². The maximum atomic E-state index is 12.3. The first-order chi connectivity index (χ1) is 9.97. The predicted octanol–water partition coefficient (Wildman–Crippen LogP) is 0.965. The maximum Gasteiger partial charge on any atom is 0.318 e. The van der Waals surface area contributed by atoms with Gasteiger partial charge in [-0.1, -0.05) is 6.92 Å². The molecule has 124 valence electrons. The molecule has 6 heteroatoms. The second-order valence-electron chi connectivity index (χ2n) is 6.07. The third-order valence-electron chi connectivity index (χ3n) is 3.71. The van der Waals surface area contributed by atoms with E-state index in [9.17, 15) is 15.0 Å². The van der Waals surface area contributed by atoms with Gasteiger partial charge in [0.2, 0.25) is 0 Å². The number of rotatable bonds is 10. The number of nitrogens with zero attached hydrogens (tertiary/aromatic N) is 1. The van der Waals surface area contributed by atoms with Gasteiger partial charge in [-0.25, -0.2) is 4.79 Å². The van der Waals surface area contributed by atoms with Crippen LogP contribution in [0.5, 0.6) is 0 Å². The fraction of sp³-hybridized carbons (Fsp3) is 0.933. The number of ether oxygens (including phenoxy) is 1. The number of hydrogen-bond acceptors (Lipinski definition) is 4. The molecule has 0 saturated heterocycles. The van der Waals surface area contributed by atoms with Crippen LogP contribution in [0.15, 0.2) is 0 Å². The summed E-state index contributed by atoms with van der Waals surface area (Å²) in [7, 11) is 0. The molecule has 3 N–H and O–H groups in total. The van der Waals surface area contributed by atoms with Crippen LogP contribution in [0.1, 0.15) is 40.0 Å². The van der Waals surface area contributed by atoms with Gasteiger partial charge < -0.3 is 25.2 Å². The molecule has 0 bridgehead atoms. The lowest BCUT2D eigenvalue weighted by Gasteiger charge is -2.31. The first kappa shape index (κ1) is 18.2. The highest BCUT2D eigenvalue weighted by Gasteiger charge is 2.24. The van der Waals surface area contributed by atoms with E-state index in [0.29, 0.717) is 12.5 Å². The molecule has 0 aromatic carbocycles. The van der Waals surface area contributed by atoms with E-state index < -0.39 is 6.10 Å². The molecule has 21 heavy (non-hydrogen) atoms. The molecule has 0 radical (unpaired) electrons. The highest BCUT2D eigenvalue weighted by Crippen LogP contribution is 2.28. The Labute approximate surface area is 127 Å². The Morgan fingerprint density at radius 3 is 2.57 bits per heavy atom. The number of aliphatic hydroxyl groups is 2. The lowest BCUT2D eigenvalue weighted by Crippen LogP contribution is -2.52. The lowest BCUT2D eigenvalue weighted by atomic mass is 10.2. The number of urea groups is 1. The zero-order chi connectivity index (χ0) is 15.8. The Balaban J connectivity index is 2.42. The van der Waals surface area contributed by atoms with Gasteiger partial charge in [0.05, 0.1) is 31.4 Å². The summed E-state index contributed by atoms with van der Waals surface area (Å²) < 4.78 is 5.63. The van der Waals surface area contributed by atoms with Crippen LogP contribution >= 0.6 is 0 Å². The SMILES string of the molecule is CCC(COCC1CC1)NC(=O)N(CC(C)O)C(C)CO. The van der Waals surface area contributed by atoms with Gasteiger partial charge in [0.25, 0.3) is 0 Å². The Morgan fingerprint density at radius 2 is 2.10 bits per heavy atom. The van der Waals surface area contributed by atoms with Crippen molar-refractivity contribution in [1.29, 1.82) is 0 Å². The van der Waals surface area contributed by atoms with Crippen LogP contribution in [-0.2, 0) is 4.74 Å². The van der Waals surface area contributed by atoms with Crippen molar-refractivity contribution in [3.8, 4) is 0 Å². The number of amides is 2. The lowest BCUT2D eigenvalue weighted by molar-refractivity contribution is 0.0809. The van der Waals surface area contributed by atoms with E-state index in [4.69, 9.17) is 4.74 Å². The quantitative estimate of drug-likeness (QED) is 0.561. The van der Waals surface area contributed by atoms with E-state index in [1.807, 2.05) is 6.92 Å². The molecule has 1 saturated carbocycles. The Kier molecular flexibility index (Phi) is 8.00. The molecule has 0 aromatic heterocycles. The number of carbonyl (C=O) groups excluding carboxylic acids is 1. The number of aliphatic hydroxyl groups excluding tert-OH is 2. The van der Waals surface area contributed by atoms with E-state index in [1.54, 1.807) is 13.8 Å². The highest BCUT2D eigenvalue weighted by atomic mass is 16.5. The molecule has 0 heterocycles. The van der Waals surface area contributed by atoms with Crippen molar-refractivity contribution in [2.75, 3.05) is 26.4 Å². The Morgan fingerprint density at radius 1 is 1.43 bits per heavy atom. The maximum absolute atomic E-state index is 12.3. The molecular weight excluding hydrogens is 272 g/mol. The zero-order valence-electron chi connectivity index (χ0n) is 13.4. The van der Waals surface area contributed by atoms with Gasteiger partial charge in [0, 0.05) is 13.2 Å². The van der Waals surface area contributed by atoms with Crippen LogP contribution < -0.4 is 5.32 Å². The minimum atomic E-state index is -0.629. The van der Waals surface area contributed by atoms with Crippen LogP contribution in [0.25, 0.3) is 0 Å². The fourth-order valence-corrected chi connectivity index (χ4v) is 2.03. The van der Waals surface area contributed by atoms with Crippen molar-refractivity contribution in [1.82, 2.24) is 10.2 Å². The molecule has 2 amide bonds. The molecule has 6 nitrogen and oxygen atoms in total. The number of nitrogens with one attached hydrogen (secondary N) is 1. The Hall–Kier alpha value is -0.850. The molecule has 1 fully saturated rings. The second-order valence-corrected chi connectivity index (χ2v) is 6.07. The third-order valence-corrected chi connectivity index (χ3v) is 3.71. The van der Waals surface area contributed by atoms with Crippen LogP contribution in [0.4, 0.5) is 4.79 Å². The molecule has 1 aliphatic carbocycles. The van der Waals surface area contributed by atoms with Gasteiger partial charge >= 0.3 is 6.03 Å². The molecule has 1 aliphatic rings. The van der Waals surface area contributed by atoms with E-state index >= 15 is 0 Å². The largest absolute Gasteiger partial charge is 0.394 e. The minimum Gasteiger partial charge on any atom is -0.394 e. The molecule has 0 aromatic rings. The van der Waals surface area contributed by atoms with Crippen LogP contribution in [-0.4, -0.2) is 65.7 Å². The smallest absolute Gasteiger partial charge is 0.318 e. The van der Waals surface area contributed by atoms with Crippen molar-refractivity contribution in [2.24, 2.45) is 5.92 Å². The summed E-state index contributed by atoms with van der Waals surface area (Å²) in [5.74, 6) is 0.708. The van der Waals surface area contributed by atoms with Gasteiger partial charge in [-0.05, 0) is 39.0 Å². The van der Waals surface area contributed by atoms with Gasteiger partial charge in [-0.3, -0.25) is 0 Å². The number of hydrogen-bond donors (Lipinski definition) is 3.